The summed E-state index contributed by atoms with van der Waals surface area (Å²) in [6.45, 7) is 3.08. The molecule has 0 unspecified atom stereocenters. The first-order valence-electron chi connectivity index (χ1n) is 7.65. The van der Waals surface area contributed by atoms with Crippen LogP contribution < -0.4 is 5.32 Å². The van der Waals surface area contributed by atoms with Gasteiger partial charge in [0.05, 0.1) is 12.2 Å². The third kappa shape index (κ3) is 2.31. The van der Waals surface area contributed by atoms with Crippen molar-refractivity contribution >= 4 is 16.7 Å². The van der Waals surface area contributed by atoms with Crippen LogP contribution in [0.3, 0.4) is 0 Å². The first kappa shape index (κ1) is 12.5. The normalized spacial score (nSPS) is 16.2. The highest BCUT2D eigenvalue weighted by Gasteiger charge is 2.30. The van der Waals surface area contributed by atoms with E-state index < -0.39 is 0 Å². The molecule has 0 radical (unpaired) electrons. The van der Waals surface area contributed by atoms with Gasteiger partial charge in [0.25, 0.3) is 0 Å². The van der Waals surface area contributed by atoms with Gasteiger partial charge in [-0.2, -0.15) is 5.10 Å². The predicted octanol–water partition coefficient (Wildman–Crippen LogP) is 3.95. The van der Waals surface area contributed by atoms with Gasteiger partial charge in [-0.15, -0.1) is 0 Å². The zero-order valence-electron chi connectivity index (χ0n) is 12.2. The van der Waals surface area contributed by atoms with E-state index in [1.54, 1.807) is 0 Å². The fourth-order valence-corrected chi connectivity index (χ4v) is 3.05. The molecule has 108 valence electrons. The summed E-state index contributed by atoms with van der Waals surface area (Å²) in [4.78, 5) is 3.26. The number of hydrogen-bond acceptors (Lipinski definition) is 2. The lowest BCUT2D eigenvalue weighted by atomic mass is 10.1. The lowest BCUT2D eigenvalue weighted by molar-refractivity contribution is 0.444. The number of benzene rings is 1. The smallest absolute Gasteiger partial charge is 0.124 e. The minimum Gasteiger partial charge on any atom is -0.366 e. The molecule has 2 heterocycles. The van der Waals surface area contributed by atoms with Crippen LogP contribution in [-0.2, 0) is 6.54 Å². The Balaban J connectivity index is 1.54. The third-order valence-corrected chi connectivity index (χ3v) is 4.51. The number of hydrogen-bond donors (Lipinski definition) is 2. The van der Waals surface area contributed by atoms with E-state index in [-0.39, 0.29) is 0 Å². The van der Waals surface area contributed by atoms with Crippen LogP contribution in [0.15, 0.2) is 42.7 Å². The standard InChI is InChI=1S/C17H20N4/c1-12(13-5-6-13)21-17(8-10-20-21)19-11-14-3-2-4-16-15(14)7-9-18-16/h2-4,7-10,12-13,18-19H,5-6,11H2,1H3/t12-/m1/s1. The molecule has 1 aromatic carbocycles. The Hall–Kier alpha value is -2.23. The highest BCUT2D eigenvalue weighted by molar-refractivity contribution is 5.83. The maximum atomic E-state index is 4.49. The van der Waals surface area contributed by atoms with Crippen molar-refractivity contribution in [3.8, 4) is 0 Å². The highest BCUT2D eigenvalue weighted by Crippen LogP contribution is 2.40. The van der Waals surface area contributed by atoms with Crippen LogP contribution in [0.5, 0.6) is 0 Å². The molecule has 1 aliphatic carbocycles. The molecule has 1 fully saturated rings. The number of anilines is 1. The first-order valence-corrected chi connectivity index (χ1v) is 7.65. The fraction of sp³-hybridized carbons (Fsp3) is 0.353. The average Bonchev–Trinajstić information content (AvgIpc) is 3.06. The third-order valence-electron chi connectivity index (χ3n) is 4.51. The largest absolute Gasteiger partial charge is 0.366 e. The van der Waals surface area contributed by atoms with E-state index >= 15 is 0 Å². The summed E-state index contributed by atoms with van der Waals surface area (Å²) >= 11 is 0. The summed E-state index contributed by atoms with van der Waals surface area (Å²) < 4.78 is 2.13. The first-order chi connectivity index (χ1) is 10.3. The number of aromatic nitrogens is 3. The molecule has 0 aliphatic heterocycles. The Morgan fingerprint density at radius 3 is 3.10 bits per heavy atom. The Labute approximate surface area is 124 Å². The number of fused-ring (bicyclic) bond motifs is 1. The second-order valence-corrected chi connectivity index (χ2v) is 5.95. The molecule has 0 bridgehead atoms. The lowest BCUT2D eigenvalue weighted by Crippen LogP contribution is -2.13. The molecule has 21 heavy (non-hydrogen) atoms. The van der Waals surface area contributed by atoms with Crippen molar-refractivity contribution in [1.82, 2.24) is 14.8 Å². The number of H-pyrrole nitrogens is 1. The van der Waals surface area contributed by atoms with Gasteiger partial charge in [0, 0.05) is 29.7 Å². The van der Waals surface area contributed by atoms with Crippen molar-refractivity contribution in [1.29, 1.82) is 0 Å². The Morgan fingerprint density at radius 2 is 2.24 bits per heavy atom. The van der Waals surface area contributed by atoms with E-state index in [0.29, 0.717) is 6.04 Å². The summed E-state index contributed by atoms with van der Waals surface area (Å²) in [6.07, 6.45) is 6.55. The van der Waals surface area contributed by atoms with E-state index in [9.17, 15) is 0 Å². The van der Waals surface area contributed by atoms with Crippen LogP contribution in [0, 0.1) is 5.92 Å². The number of aromatic amines is 1. The Bertz CT molecular complexity index is 751. The van der Waals surface area contributed by atoms with Gasteiger partial charge in [-0.3, -0.25) is 0 Å². The van der Waals surface area contributed by atoms with Crippen LogP contribution in [0.1, 0.15) is 31.4 Å². The average molecular weight is 280 g/mol. The monoisotopic (exact) mass is 280 g/mol. The Kier molecular flexibility index (Phi) is 2.95. The number of nitrogens with one attached hydrogen (secondary N) is 2. The zero-order chi connectivity index (χ0) is 14.2. The minimum absolute atomic E-state index is 0.491. The summed E-state index contributed by atoms with van der Waals surface area (Å²) in [5.74, 6) is 1.92. The lowest BCUT2D eigenvalue weighted by Gasteiger charge is -2.16. The van der Waals surface area contributed by atoms with Gasteiger partial charge in [0.15, 0.2) is 0 Å². The molecule has 2 N–H and O–H groups in total. The molecule has 2 aromatic heterocycles. The predicted molar refractivity (Wildman–Crippen MR) is 85.3 cm³/mol. The summed E-state index contributed by atoms with van der Waals surface area (Å²) in [5, 5.41) is 9.32. The van der Waals surface area contributed by atoms with E-state index in [0.717, 1.165) is 18.3 Å². The molecule has 1 atom stereocenters. The summed E-state index contributed by atoms with van der Waals surface area (Å²) in [5.41, 5.74) is 2.50. The van der Waals surface area contributed by atoms with Crippen LogP contribution >= 0.6 is 0 Å². The second kappa shape index (κ2) is 4.95. The van der Waals surface area contributed by atoms with Gasteiger partial charge in [-0.25, -0.2) is 4.68 Å². The molecule has 4 nitrogen and oxygen atoms in total. The van der Waals surface area contributed by atoms with Crippen molar-refractivity contribution in [2.75, 3.05) is 5.32 Å². The molecule has 0 saturated heterocycles. The molecule has 3 aromatic rings. The number of rotatable bonds is 5. The van der Waals surface area contributed by atoms with Crippen molar-refractivity contribution in [2.24, 2.45) is 5.92 Å². The highest BCUT2D eigenvalue weighted by atomic mass is 15.3. The van der Waals surface area contributed by atoms with Crippen molar-refractivity contribution in [2.45, 2.75) is 32.4 Å². The van der Waals surface area contributed by atoms with Crippen LogP contribution in [0.4, 0.5) is 5.82 Å². The van der Waals surface area contributed by atoms with Crippen LogP contribution in [0.25, 0.3) is 10.9 Å². The second-order valence-electron chi connectivity index (χ2n) is 5.95. The van der Waals surface area contributed by atoms with E-state index in [1.165, 1.54) is 29.3 Å². The van der Waals surface area contributed by atoms with E-state index in [2.05, 4.69) is 57.3 Å². The molecule has 0 amide bonds. The zero-order valence-corrected chi connectivity index (χ0v) is 12.2. The van der Waals surface area contributed by atoms with Crippen molar-refractivity contribution in [3.63, 3.8) is 0 Å². The molecule has 1 saturated carbocycles. The van der Waals surface area contributed by atoms with Gasteiger partial charge in [0.2, 0.25) is 0 Å². The maximum absolute atomic E-state index is 4.49. The van der Waals surface area contributed by atoms with Gasteiger partial charge in [0.1, 0.15) is 5.82 Å². The van der Waals surface area contributed by atoms with E-state index in [4.69, 9.17) is 0 Å². The topological polar surface area (TPSA) is 45.6 Å². The molecule has 4 heteroatoms. The fourth-order valence-electron chi connectivity index (χ4n) is 3.05. The van der Waals surface area contributed by atoms with Gasteiger partial charge < -0.3 is 10.3 Å². The quantitative estimate of drug-likeness (QED) is 0.743. The molecular weight excluding hydrogens is 260 g/mol. The van der Waals surface area contributed by atoms with Gasteiger partial charge in [-0.05, 0) is 43.4 Å². The van der Waals surface area contributed by atoms with Gasteiger partial charge in [-0.1, -0.05) is 12.1 Å². The molecule has 4 rings (SSSR count). The van der Waals surface area contributed by atoms with Crippen LogP contribution in [-0.4, -0.2) is 14.8 Å². The molecule has 0 spiro atoms. The minimum atomic E-state index is 0.491. The summed E-state index contributed by atoms with van der Waals surface area (Å²) in [7, 11) is 0. The van der Waals surface area contributed by atoms with Crippen molar-refractivity contribution in [3.05, 3.63) is 48.3 Å². The molecule has 1 aliphatic rings. The van der Waals surface area contributed by atoms with Crippen molar-refractivity contribution < 1.29 is 0 Å². The van der Waals surface area contributed by atoms with Crippen LogP contribution in [0.2, 0.25) is 0 Å². The van der Waals surface area contributed by atoms with Gasteiger partial charge >= 0.3 is 0 Å². The Morgan fingerprint density at radius 1 is 1.33 bits per heavy atom. The maximum Gasteiger partial charge on any atom is 0.124 e. The molecular formula is C17H20N4. The summed E-state index contributed by atoms with van der Waals surface area (Å²) in [6, 6.07) is 11.1. The number of nitrogens with zero attached hydrogens (tertiary/aromatic N) is 2. The van der Waals surface area contributed by atoms with E-state index in [1.807, 2.05) is 12.4 Å². The SMILES string of the molecule is C[C@H](C1CC1)n1nccc1NCc1cccc2[nH]ccc12.